The van der Waals surface area contributed by atoms with E-state index in [1.54, 1.807) is 0 Å². The predicted octanol–water partition coefficient (Wildman–Crippen LogP) is 5.07. The molecule has 0 aliphatic heterocycles. The number of nitrogens with one attached hydrogen (secondary N) is 1. The lowest BCUT2D eigenvalue weighted by Gasteiger charge is -2.52. The fraction of sp³-hybridized carbons (Fsp3) is 0.625. The maximum absolute atomic E-state index is 5.79. The summed E-state index contributed by atoms with van der Waals surface area (Å²) in [6.07, 6.45) is 1.48. The molecule has 0 aromatic heterocycles. The lowest BCUT2D eigenvalue weighted by molar-refractivity contribution is -0.116. The van der Waals surface area contributed by atoms with Crippen LogP contribution in [0.5, 0.6) is 0 Å². The van der Waals surface area contributed by atoms with Gasteiger partial charge in [-0.1, -0.05) is 51.8 Å². The van der Waals surface area contributed by atoms with Crippen LogP contribution < -0.4 is 5.32 Å². The third kappa shape index (κ3) is 3.29. The summed E-state index contributed by atoms with van der Waals surface area (Å²) in [5.74, 6) is 0. The Balaban J connectivity index is 2.01. The number of rotatable bonds is 5. The van der Waals surface area contributed by atoms with E-state index in [0.29, 0.717) is 18.2 Å². The van der Waals surface area contributed by atoms with Crippen molar-refractivity contribution in [1.82, 2.24) is 5.32 Å². The number of halogens is 2. The summed E-state index contributed by atoms with van der Waals surface area (Å²) in [4.78, 5) is 0. The van der Waals surface area contributed by atoms with Crippen LogP contribution >= 0.6 is 31.9 Å². The molecule has 2 rings (SSSR count). The van der Waals surface area contributed by atoms with Crippen molar-refractivity contribution in [1.29, 1.82) is 0 Å². The predicted molar refractivity (Wildman–Crippen MR) is 91.0 cm³/mol. The summed E-state index contributed by atoms with van der Waals surface area (Å²) < 4.78 is 8.04. The molecule has 1 aromatic carbocycles. The van der Waals surface area contributed by atoms with Crippen molar-refractivity contribution < 1.29 is 4.74 Å². The largest absolute Gasteiger partial charge is 0.378 e. The third-order valence-electron chi connectivity index (χ3n) is 4.43. The summed E-state index contributed by atoms with van der Waals surface area (Å²) in [7, 11) is 0. The normalized spacial score (nSPS) is 26.1. The topological polar surface area (TPSA) is 21.3 Å². The first-order chi connectivity index (χ1) is 9.36. The van der Waals surface area contributed by atoms with Crippen molar-refractivity contribution in [2.24, 2.45) is 5.41 Å². The minimum Gasteiger partial charge on any atom is -0.378 e. The van der Waals surface area contributed by atoms with Gasteiger partial charge >= 0.3 is 0 Å². The maximum atomic E-state index is 5.79. The van der Waals surface area contributed by atoms with E-state index in [0.717, 1.165) is 22.0 Å². The van der Waals surface area contributed by atoms with Crippen LogP contribution in [0.25, 0.3) is 0 Å². The van der Waals surface area contributed by atoms with Crippen LogP contribution in [-0.4, -0.2) is 18.8 Å². The Bertz CT molecular complexity index is 476. The summed E-state index contributed by atoms with van der Waals surface area (Å²) in [5.41, 5.74) is 1.50. The van der Waals surface area contributed by atoms with Crippen LogP contribution in [0.4, 0.5) is 0 Å². The molecule has 0 bridgehead atoms. The van der Waals surface area contributed by atoms with Crippen molar-refractivity contribution in [2.75, 3.05) is 6.61 Å². The van der Waals surface area contributed by atoms with Gasteiger partial charge in [0.25, 0.3) is 0 Å². The van der Waals surface area contributed by atoms with E-state index in [4.69, 9.17) is 4.74 Å². The third-order valence-corrected chi connectivity index (χ3v) is 5.61. The fourth-order valence-corrected chi connectivity index (χ4v) is 4.29. The van der Waals surface area contributed by atoms with Gasteiger partial charge in [0.15, 0.2) is 0 Å². The Kier molecular flexibility index (Phi) is 5.33. The minimum atomic E-state index is 0.201. The zero-order chi connectivity index (χ0) is 14.9. The molecule has 1 aromatic rings. The zero-order valence-electron chi connectivity index (χ0n) is 12.5. The molecule has 1 aliphatic carbocycles. The summed E-state index contributed by atoms with van der Waals surface area (Å²) in [6.45, 7) is 9.67. The van der Waals surface area contributed by atoms with Crippen molar-refractivity contribution >= 4 is 31.9 Å². The highest BCUT2D eigenvalue weighted by atomic mass is 79.9. The molecule has 3 unspecified atom stereocenters. The molecular formula is C16H23Br2NO. The Morgan fingerprint density at radius 2 is 2.10 bits per heavy atom. The van der Waals surface area contributed by atoms with Crippen LogP contribution in [0.2, 0.25) is 0 Å². The first kappa shape index (κ1) is 16.5. The van der Waals surface area contributed by atoms with Crippen LogP contribution in [0.3, 0.4) is 0 Å². The van der Waals surface area contributed by atoms with Crippen LogP contribution in [0, 0.1) is 5.41 Å². The molecule has 1 N–H and O–H groups in total. The lowest BCUT2D eigenvalue weighted by atomic mass is 9.64. The average Bonchev–Trinajstić information content (AvgIpc) is 2.37. The molecule has 1 fully saturated rings. The second-order valence-corrected chi connectivity index (χ2v) is 7.88. The second-order valence-electron chi connectivity index (χ2n) is 6.11. The molecule has 0 spiro atoms. The van der Waals surface area contributed by atoms with Gasteiger partial charge in [-0.2, -0.15) is 0 Å². The van der Waals surface area contributed by atoms with Crippen molar-refractivity contribution in [2.45, 2.75) is 52.3 Å². The van der Waals surface area contributed by atoms with E-state index < -0.39 is 0 Å². The van der Waals surface area contributed by atoms with E-state index in [-0.39, 0.29) is 5.41 Å². The highest BCUT2D eigenvalue weighted by Gasteiger charge is 2.49. The highest BCUT2D eigenvalue weighted by molar-refractivity contribution is 9.11. The molecule has 0 heterocycles. The van der Waals surface area contributed by atoms with Gasteiger partial charge in [0.05, 0.1) is 6.10 Å². The highest BCUT2D eigenvalue weighted by Crippen LogP contribution is 2.44. The van der Waals surface area contributed by atoms with E-state index in [2.05, 4.69) is 83.1 Å². The van der Waals surface area contributed by atoms with Crippen LogP contribution in [-0.2, 0) is 4.74 Å². The van der Waals surface area contributed by atoms with Gasteiger partial charge < -0.3 is 10.1 Å². The molecule has 3 atom stereocenters. The molecule has 0 radical (unpaired) electrons. The first-order valence-corrected chi connectivity index (χ1v) is 8.77. The monoisotopic (exact) mass is 403 g/mol. The molecule has 4 heteroatoms. The Morgan fingerprint density at radius 1 is 1.40 bits per heavy atom. The minimum absolute atomic E-state index is 0.201. The summed E-state index contributed by atoms with van der Waals surface area (Å²) in [6, 6.07) is 7.18. The summed E-state index contributed by atoms with van der Waals surface area (Å²) >= 11 is 7.15. The SMILES string of the molecule is CCOC1CC(NC(C)c2ccc(Br)cc2Br)C1(C)C. The van der Waals surface area contributed by atoms with Crippen molar-refractivity contribution in [3.05, 3.63) is 32.7 Å². The van der Waals surface area contributed by atoms with Gasteiger partial charge in [0, 0.05) is 33.1 Å². The van der Waals surface area contributed by atoms with E-state index >= 15 is 0 Å². The molecule has 20 heavy (non-hydrogen) atoms. The van der Waals surface area contributed by atoms with Gasteiger partial charge in [-0.3, -0.25) is 0 Å². The fourth-order valence-electron chi connectivity index (χ4n) is 2.90. The molecule has 112 valence electrons. The number of benzene rings is 1. The number of hydrogen-bond acceptors (Lipinski definition) is 2. The Hall–Kier alpha value is 0.1000. The molecule has 0 saturated heterocycles. The lowest BCUT2D eigenvalue weighted by Crippen LogP contribution is -2.61. The average molecular weight is 405 g/mol. The smallest absolute Gasteiger partial charge is 0.0655 e. The van der Waals surface area contributed by atoms with E-state index in [1.165, 1.54) is 5.56 Å². The van der Waals surface area contributed by atoms with Crippen LogP contribution in [0.15, 0.2) is 27.1 Å². The van der Waals surface area contributed by atoms with E-state index in [9.17, 15) is 0 Å². The van der Waals surface area contributed by atoms with Gasteiger partial charge in [-0.15, -0.1) is 0 Å². The molecule has 1 saturated carbocycles. The maximum Gasteiger partial charge on any atom is 0.0655 e. The molecule has 1 aliphatic rings. The van der Waals surface area contributed by atoms with Crippen molar-refractivity contribution in [3.8, 4) is 0 Å². The molecule has 0 amide bonds. The zero-order valence-corrected chi connectivity index (χ0v) is 15.7. The summed E-state index contributed by atoms with van der Waals surface area (Å²) in [5, 5.41) is 3.75. The molecular weight excluding hydrogens is 382 g/mol. The standard InChI is InChI=1S/C16H23Br2NO/c1-5-20-15-9-14(16(15,3)4)19-10(2)12-7-6-11(17)8-13(12)18/h6-8,10,14-15,19H,5,9H2,1-4H3. The van der Waals surface area contributed by atoms with Gasteiger partial charge in [-0.05, 0) is 38.0 Å². The van der Waals surface area contributed by atoms with Gasteiger partial charge in [-0.25, -0.2) is 0 Å². The Morgan fingerprint density at radius 3 is 2.65 bits per heavy atom. The van der Waals surface area contributed by atoms with Crippen molar-refractivity contribution in [3.63, 3.8) is 0 Å². The first-order valence-electron chi connectivity index (χ1n) is 7.18. The number of ether oxygens (including phenoxy) is 1. The second kappa shape index (κ2) is 6.47. The quantitative estimate of drug-likeness (QED) is 0.739. The van der Waals surface area contributed by atoms with Crippen LogP contribution in [0.1, 0.15) is 45.7 Å². The Labute approximate surface area is 138 Å². The van der Waals surface area contributed by atoms with E-state index in [1.807, 2.05) is 0 Å². The van der Waals surface area contributed by atoms with Gasteiger partial charge in [0.1, 0.15) is 0 Å². The molecule has 2 nitrogen and oxygen atoms in total. The number of hydrogen-bond donors (Lipinski definition) is 1. The van der Waals surface area contributed by atoms with Gasteiger partial charge in [0.2, 0.25) is 0 Å².